The number of nitrogens with one attached hydrogen (secondary N) is 1. The Kier molecular flexibility index (Phi) is 5.78. The summed E-state index contributed by atoms with van der Waals surface area (Å²) in [6.07, 6.45) is 3.45. The van der Waals surface area contributed by atoms with Crippen LogP contribution in [0.4, 0.5) is 0 Å². The van der Waals surface area contributed by atoms with Crippen molar-refractivity contribution in [1.82, 2.24) is 10.3 Å². The van der Waals surface area contributed by atoms with Gasteiger partial charge in [-0.2, -0.15) is 0 Å². The van der Waals surface area contributed by atoms with E-state index in [-0.39, 0.29) is 12.5 Å². The van der Waals surface area contributed by atoms with Gasteiger partial charge in [-0.05, 0) is 24.0 Å². The van der Waals surface area contributed by atoms with Crippen LogP contribution in [0.3, 0.4) is 0 Å². The largest absolute Gasteiger partial charge is 0.391 e. The standard InChI is InChI=1S/C16H18N2O2S/c1-21-16-14(8-5-9-17-16)15(20)18-11-13(19)10-12-6-3-2-4-7-12/h2-9,13,19H,10-11H2,1H3,(H,18,20). The Morgan fingerprint density at radius 1 is 1.29 bits per heavy atom. The molecule has 1 aromatic heterocycles. The van der Waals surface area contributed by atoms with Gasteiger partial charge in [0, 0.05) is 19.2 Å². The fourth-order valence-electron chi connectivity index (χ4n) is 1.99. The molecule has 2 rings (SSSR count). The zero-order valence-electron chi connectivity index (χ0n) is 11.8. The molecule has 1 atom stereocenters. The maximum absolute atomic E-state index is 12.1. The third-order valence-electron chi connectivity index (χ3n) is 3.02. The fourth-order valence-corrected chi connectivity index (χ4v) is 2.54. The highest BCUT2D eigenvalue weighted by Gasteiger charge is 2.13. The van der Waals surface area contributed by atoms with Gasteiger partial charge >= 0.3 is 0 Å². The number of rotatable bonds is 6. The monoisotopic (exact) mass is 302 g/mol. The first-order valence-corrected chi connectivity index (χ1v) is 7.92. The number of amides is 1. The van der Waals surface area contributed by atoms with E-state index in [2.05, 4.69) is 10.3 Å². The highest BCUT2D eigenvalue weighted by Crippen LogP contribution is 2.16. The van der Waals surface area contributed by atoms with Crippen molar-refractivity contribution in [2.24, 2.45) is 0 Å². The average Bonchev–Trinajstić information content (AvgIpc) is 2.53. The number of carbonyl (C=O) groups excluding carboxylic acids is 1. The molecule has 5 heteroatoms. The number of thioether (sulfide) groups is 1. The lowest BCUT2D eigenvalue weighted by Gasteiger charge is -2.13. The Morgan fingerprint density at radius 2 is 2.05 bits per heavy atom. The lowest BCUT2D eigenvalue weighted by molar-refractivity contribution is 0.0912. The van der Waals surface area contributed by atoms with E-state index >= 15 is 0 Å². The van der Waals surface area contributed by atoms with E-state index in [9.17, 15) is 9.90 Å². The van der Waals surface area contributed by atoms with E-state index < -0.39 is 6.10 Å². The van der Waals surface area contributed by atoms with Crippen molar-refractivity contribution in [3.8, 4) is 0 Å². The molecule has 2 aromatic rings. The molecule has 0 bridgehead atoms. The molecular weight excluding hydrogens is 284 g/mol. The predicted molar refractivity (Wildman–Crippen MR) is 84.5 cm³/mol. The van der Waals surface area contributed by atoms with Crippen molar-refractivity contribution in [3.63, 3.8) is 0 Å². The van der Waals surface area contributed by atoms with E-state index in [1.54, 1.807) is 18.3 Å². The molecule has 110 valence electrons. The molecule has 0 spiro atoms. The van der Waals surface area contributed by atoms with Gasteiger partial charge in [-0.15, -0.1) is 11.8 Å². The van der Waals surface area contributed by atoms with Gasteiger partial charge in [-0.1, -0.05) is 30.3 Å². The van der Waals surface area contributed by atoms with Gasteiger partial charge in [-0.25, -0.2) is 4.98 Å². The van der Waals surface area contributed by atoms with Gasteiger partial charge in [-0.3, -0.25) is 4.79 Å². The molecule has 4 nitrogen and oxygen atoms in total. The molecule has 0 aliphatic heterocycles. The molecule has 0 aliphatic rings. The molecule has 0 fully saturated rings. The van der Waals surface area contributed by atoms with Gasteiger partial charge in [0.25, 0.3) is 5.91 Å². The van der Waals surface area contributed by atoms with Crippen LogP contribution in [-0.4, -0.2) is 34.9 Å². The second kappa shape index (κ2) is 7.81. The minimum absolute atomic E-state index is 0.209. The van der Waals surface area contributed by atoms with Crippen molar-refractivity contribution in [2.75, 3.05) is 12.8 Å². The number of pyridine rings is 1. The average molecular weight is 302 g/mol. The van der Waals surface area contributed by atoms with Gasteiger partial charge < -0.3 is 10.4 Å². The molecule has 0 saturated heterocycles. The molecule has 0 radical (unpaired) electrons. The minimum atomic E-state index is -0.606. The zero-order valence-corrected chi connectivity index (χ0v) is 12.6. The van der Waals surface area contributed by atoms with E-state index in [0.29, 0.717) is 17.0 Å². The van der Waals surface area contributed by atoms with Gasteiger partial charge in [0.2, 0.25) is 0 Å². The van der Waals surface area contributed by atoms with Crippen molar-refractivity contribution >= 4 is 17.7 Å². The molecule has 1 amide bonds. The van der Waals surface area contributed by atoms with Crippen LogP contribution in [0.15, 0.2) is 53.7 Å². The number of hydrogen-bond donors (Lipinski definition) is 2. The first-order valence-electron chi connectivity index (χ1n) is 6.70. The highest BCUT2D eigenvalue weighted by atomic mass is 32.2. The van der Waals surface area contributed by atoms with Crippen LogP contribution in [0.5, 0.6) is 0 Å². The number of aromatic nitrogens is 1. The lowest BCUT2D eigenvalue weighted by atomic mass is 10.1. The third kappa shape index (κ3) is 4.58. The van der Waals surface area contributed by atoms with Crippen LogP contribution < -0.4 is 5.32 Å². The summed E-state index contributed by atoms with van der Waals surface area (Å²) in [5.41, 5.74) is 1.59. The van der Waals surface area contributed by atoms with Gasteiger partial charge in [0.1, 0.15) is 5.03 Å². The van der Waals surface area contributed by atoms with Gasteiger partial charge in [0.05, 0.1) is 11.7 Å². The molecule has 1 unspecified atom stereocenters. The van der Waals surface area contributed by atoms with E-state index in [4.69, 9.17) is 0 Å². The normalized spacial score (nSPS) is 11.9. The first kappa shape index (κ1) is 15.5. The number of carbonyl (C=O) groups is 1. The summed E-state index contributed by atoms with van der Waals surface area (Å²) in [5, 5.41) is 13.4. The number of aliphatic hydroxyl groups is 1. The Labute approximate surface area is 128 Å². The van der Waals surface area contributed by atoms with E-state index in [1.807, 2.05) is 36.6 Å². The summed E-state index contributed by atoms with van der Waals surface area (Å²) in [7, 11) is 0. The summed E-state index contributed by atoms with van der Waals surface area (Å²) in [5.74, 6) is -0.209. The maximum Gasteiger partial charge on any atom is 0.254 e. The molecule has 0 saturated carbocycles. The highest BCUT2D eigenvalue weighted by molar-refractivity contribution is 7.98. The maximum atomic E-state index is 12.1. The second-order valence-corrected chi connectivity index (χ2v) is 5.41. The van der Waals surface area contributed by atoms with Gasteiger partial charge in [0.15, 0.2) is 0 Å². The van der Waals surface area contributed by atoms with Crippen LogP contribution in [-0.2, 0) is 6.42 Å². The number of hydrogen-bond acceptors (Lipinski definition) is 4. The van der Waals surface area contributed by atoms with Crippen molar-refractivity contribution in [3.05, 3.63) is 59.8 Å². The third-order valence-corrected chi connectivity index (χ3v) is 3.73. The Hall–Kier alpha value is -1.85. The number of aliphatic hydroxyl groups excluding tert-OH is 1. The summed E-state index contributed by atoms with van der Waals surface area (Å²) < 4.78 is 0. The lowest BCUT2D eigenvalue weighted by Crippen LogP contribution is -2.33. The van der Waals surface area contributed by atoms with Crippen LogP contribution in [0.1, 0.15) is 15.9 Å². The quantitative estimate of drug-likeness (QED) is 0.803. The smallest absolute Gasteiger partial charge is 0.254 e. The Balaban J connectivity index is 1.89. The van der Waals surface area contributed by atoms with Crippen molar-refractivity contribution in [1.29, 1.82) is 0 Å². The number of benzene rings is 1. The van der Waals surface area contributed by atoms with Crippen LogP contribution in [0.25, 0.3) is 0 Å². The van der Waals surface area contributed by atoms with E-state index in [1.165, 1.54) is 11.8 Å². The van der Waals surface area contributed by atoms with Crippen LogP contribution in [0, 0.1) is 0 Å². The van der Waals surface area contributed by atoms with Crippen LogP contribution in [0.2, 0.25) is 0 Å². The van der Waals surface area contributed by atoms with Crippen LogP contribution >= 0.6 is 11.8 Å². The van der Waals surface area contributed by atoms with E-state index in [0.717, 1.165) is 5.56 Å². The molecule has 21 heavy (non-hydrogen) atoms. The summed E-state index contributed by atoms with van der Waals surface area (Å²) >= 11 is 1.43. The molecule has 0 aliphatic carbocycles. The molecular formula is C16H18N2O2S. The summed E-state index contributed by atoms with van der Waals surface area (Å²) in [6.45, 7) is 0.219. The molecule has 1 heterocycles. The van der Waals surface area contributed by atoms with Crippen molar-refractivity contribution < 1.29 is 9.90 Å². The first-order chi connectivity index (χ1) is 10.2. The molecule has 2 N–H and O–H groups in total. The Morgan fingerprint density at radius 3 is 2.76 bits per heavy atom. The second-order valence-electron chi connectivity index (χ2n) is 4.61. The summed E-state index contributed by atoms with van der Waals surface area (Å²) in [4.78, 5) is 16.3. The topological polar surface area (TPSA) is 62.2 Å². The fraction of sp³-hybridized carbons (Fsp3) is 0.250. The minimum Gasteiger partial charge on any atom is -0.391 e. The SMILES string of the molecule is CSc1ncccc1C(=O)NCC(O)Cc1ccccc1. The predicted octanol–water partition coefficient (Wildman–Crippen LogP) is 2.14. The Bertz CT molecular complexity index is 590. The summed E-state index contributed by atoms with van der Waals surface area (Å²) in [6, 6.07) is 13.2. The van der Waals surface area contributed by atoms with Crippen molar-refractivity contribution in [2.45, 2.75) is 17.6 Å². The zero-order chi connectivity index (χ0) is 15.1. The number of nitrogens with zero attached hydrogens (tertiary/aromatic N) is 1. The molecule has 1 aromatic carbocycles.